The predicted molar refractivity (Wildman–Crippen MR) is 73.8 cm³/mol. The molecule has 86 valence electrons. The fourth-order valence-electron chi connectivity index (χ4n) is 1.48. The zero-order chi connectivity index (χ0) is 12.1. The molecule has 0 aromatic heterocycles. The SMILES string of the molecule is Cc1cccc(/C=N\Nc2ccccc2Cl)c1. The molecule has 2 aromatic carbocycles. The smallest absolute Gasteiger partial charge is 0.0748 e. The van der Waals surface area contributed by atoms with Crippen molar-refractivity contribution in [3.63, 3.8) is 0 Å². The van der Waals surface area contributed by atoms with Crippen molar-refractivity contribution in [2.45, 2.75) is 6.92 Å². The Kier molecular flexibility index (Phi) is 3.78. The second-order valence-corrected chi connectivity index (χ2v) is 4.17. The van der Waals surface area contributed by atoms with Crippen LogP contribution in [0, 0.1) is 6.92 Å². The van der Waals surface area contributed by atoms with Crippen molar-refractivity contribution in [2.75, 3.05) is 5.43 Å². The van der Waals surface area contributed by atoms with E-state index >= 15 is 0 Å². The lowest BCUT2D eigenvalue weighted by molar-refractivity contribution is 1.35. The van der Waals surface area contributed by atoms with Crippen molar-refractivity contribution < 1.29 is 0 Å². The molecule has 1 N–H and O–H groups in total. The summed E-state index contributed by atoms with van der Waals surface area (Å²) in [4.78, 5) is 0. The fourth-order valence-corrected chi connectivity index (χ4v) is 1.66. The number of aryl methyl sites for hydroxylation is 1. The zero-order valence-corrected chi connectivity index (χ0v) is 10.3. The number of anilines is 1. The number of hydrazone groups is 1. The van der Waals surface area contributed by atoms with E-state index in [-0.39, 0.29) is 0 Å². The molecule has 0 spiro atoms. The van der Waals surface area contributed by atoms with Gasteiger partial charge in [0.05, 0.1) is 16.9 Å². The van der Waals surface area contributed by atoms with Gasteiger partial charge in [0, 0.05) is 0 Å². The van der Waals surface area contributed by atoms with Crippen molar-refractivity contribution in [3.8, 4) is 0 Å². The first-order chi connectivity index (χ1) is 8.25. The molecule has 0 aliphatic carbocycles. The van der Waals surface area contributed by atoms with Gasteiger partial charge in [0.25, 0.3) is 0 Å². The van der Waals surface area contributed by atoms with Crippen LogP contribution in [0.25, 0.3) is 0 Å². The van der Waals surface area contributed by atoms with E-state index in [1.165, 1.54) is 5.56 Å². The number of halogens is 1. The monoisotopic (exact) mass is 244 g/mol. The molecule has 0 heterocycles. The van der Waals surface area contributed by atoms with Gasteiger partial charge in [-0.1, -0.05) is 53.6 Å². The third-order valence-corrected chi connectivity index (χ3v) is 2.64. The van der Waals surface area contributed by atoms with Crippen molar-refractivity contribution in [1.82, 2.24) is 0 Å². The maximum atomic E-state index is 5.99. The molecule has 0 saturated carbocycles. The summed E-state index contributed by atoms with van der Waals surface area (Å²) in [6.07, 6.45) is 1.77. The maximum Gasteiger partial charge on any atom is 0.0748 e. The number of hydrogen-bond acceptors (Lipinski definition) is 2. The van der Waals surface area contributed by atoms with Crippen LogP contribution in [-0.2, 0) is 0 Å². The quantitative estimate of drug-likeness (QED) is 0.638. The van der Waals surface area contributed by atoms with Gasteiger partial charge in [-0.25, -0.2) is 0 Å². The van der Waals surface area contributed by atoms with Crippen molar-refractivity contribution in [2.24, 2.45) is 5.10 Å². The van der Waals surface area contributed by atoms with Crippen LogP contribution in [0.2, 0.25) is 5.02 Å². The van der Waals surface area contributed by atoms with Gasteiger partial charge >= 0.3 is 0 Å². The molecular weight excluding hydrogens is 232 g/mol. The van der Waals surface area contributed by atoms with Crippen LogP contribution >= 0.6 is 11.6 Å². The zero-order valence-electron chi connectivity index (χ0n) is 9.52. The van der Waals surface area contributed by atoms with Gasteiger partial charge in [-0.2, -0.15) is 5.10 Å². The molecule has 0 saturated heterocycles. The Labute approximate surface area is 106 Å². The van der Waals surface area contributed by atoms with E-state index in [4.69, 9.17) is 11.6 Å². The highest BCUT2D eigenvalue weighted by atomic mass is 35.5. The number of rotatable bonds is 3. The fraction of sp³-hybridized carbons (Fsp3) is 0.0714. The van der Waals surface area contributed by atoms with Crippen LogP contribution < -0.4 is 5.43 Å². The number of nitrogens with one attached hydrogen (secondary N) is 1. The molecule has 0 aliphatic rings. The maximum absolute atomic E-state index is 5.99. The molecule has 0 unspecified atom stereocenters. The van der Waals surface area contributed by atoms with E-state index < -0.39 is 0 Å². The molecule has 17 heavy (non-hydrogen) atoms. The minimum atomic E-state index is 0.661. The van der Waals surface area contributed by atoms with Crippen LogP contribution in [0.5, 0.6) is 0 Å². The van der Waals surface area contributed by atoms with Gasteiger partial charge in [-0.3, -0.25) is 5.43 Å². The Bertz CT molecular complexity index is 535. The number of nitrogens with zero attached hydrogens (tertiary/aromatic N) is 1. The second kappa shape index (κ2) is 5.51. The molecule has 0 fully saturated rings. The Hall–Kier alpha value is -1.80. The molecule has 0 atom stereocenters. The topological polar surface area (TPSA) is 24.4 Å². The minimum Gasteiger partial charge on any atom is -0.277 e. The lowest BCUT2D eigenvalue weighted by Crippen LogP contribution is -1.91. The lowest BCUT2D eigenvalue weighted by atomic mass is 10.2. The lowest BCUT2D eigenvalue weighted by Gasteiger charge is -2.01. The van der Waals surface area contributed by atoms with Crippen LogP contribution in [0.15, 0.2) is 53.6 Å². The average molecular weight is 245 g/mol. The van der Waals surface area contributed by atoms with E-state index in [9.17, 15) is 0 Å². The normalized spacial score (nSPS) is 10.7. The Morgan fingerprint density at radius 1 is 1.12 bits per heavy atom. The molecule has 0 amide bonds. The number of hydrogen-bond donors (Lipinski definition) is 1. The molecule has 2 nitrogen and oxygen atoms in total. The van der Waals surface area contributed by atoms with E-state index in [1.54, 1.807) is 6.21 Å². The summed E-state index contributed by atoms with van der Waals surface area (Å²) in [6.45, 7) is 2.05. The molecule has 2 rings (SSSR count). The van der Waals surface area contributed by atoms with Gasteiger partial charge in [0.1, 0.15) is 0 Å². The summed E-state index contributed by atoms with van der Waals surface area (Å²) in [5.74, 6) is 0. The molecule has 0 radical (unpaired) electrons. The molecule has 2 aromatic rings. The first kappa shape index (κ1) is 11.7. The van der Waals surface area contributed by atoms with E-state index in [0.29, 0.717) is 5.02 Å². The average Bonchev–Trinajstić information content (AvgIpc) is 2.32. The summed E-state index contributed by atoms with van der Waals surface area (Å²) < 4.78 is 0. The number of benzene rings is 2. The van der Waals surface area contributed by atoms with Crippen LogP contribution in [0.4, 0.5) is 5.69 Å². The highest BCUT2D eigenvalue weighted by Crippen LogP contribution is 2.20. The van der Waals surface area contributed by atoms with Crippen molar-refractivity contribution in [3.05, 3.63) is 64.7 Å². The molecular formula is C14H13ClN2. The van der Waals surface area contributed by atoms with E-state index in [0.717, 1.165) is 11.3 Å². The van der Waals surface area contributed by atoms with Crippen LogP contribution in [0.3, 0.4) is 0 Å². The third-order valence-electron chi connectivity index (χ3n) is 2.31. The van der Waals surface area contributed by atoms with Crippen molar-refractivity contribution in [1.29, 1.82) is 0 Å². The first-order valence-corrected chi connectivity index (χ1v) is 5.74. The Morgan fingerprint density at radius 2 is 1.94 bits per heavy atom. The summed E-state index contributed by atoms with van der Waals surface area (Å²) in [6, 6.07) is 15.6. The second-order valence-electron chi connectivity index (χ2n) is 3.76. The summed E-state index contributed by atoms with van der Waals surface area (Å²) >= 11 is 5.99. The highest BCUT2D eigenvalue weighted by Gasteiger charge is 1.94. The molecule has 0 bridgehead atoms. The van der Waals surface area contributed by atoms with Gasteiger partial charge in [-0.15, -0.1) is 0 Å². The molecule has 3 heteroatoms. The van der Waals surface area contributed by atoms with E-state index in [1.807, 2.05) is 36.4 Å². The largest absolute Gasteiger partial charge is 0.277 e. The van der Waals surface area contributed by atoms with Crippen LogP contribution in [0.1, 0.15) is 11.1 Å². The minimum absolute atomic E-state index is 0.661. The first-order valence-electron chi connectivity index (χ1n) is 5.36. The summed E-state index contributed by atoms with van der Waals surface area (Å²) in [5, 5.41) is 4.82. The van der Waals surface area contributed by atoms with Gasteiger partial charge < -0.3 is 0 Å². The van der Waals surface area contributed by atoms with Crippen LogP contribution in [-0.4, -0.2) is 6.21 Å². The Morgan fingerprint density at radius 3 is 2.71 bits per heavy atom. The Balaban J connectivity index is 2.06. The van der Waals surface area contributed by atoms with Gasteiger partial charge in [-0.05, 0) is 24.6 Å². The summed E-state index contributed by atoms with van der Waals surface area (Å²) in [7, 11) is 0. The van der Waals surface area contributed by atoms with E-state index in [2.05, 4.69) is 29.6 Å². The molecule has 0 aliphatic heterocycles. The van der Waals surface area contributed by atoms with Gasteiger partial charge in [0.2, 0.25) is 0 Å². The third kappa shape index (κ3) is 3.33. The highest BCUT2D eigenvalue weighted by molar-refractivity contribution is 6.33. The number of para-hydroxylation sites is 1. The van der Waals surface area contributed by atoms with Crippen molar-refractivity contribution >= 4 is 23.5 Å². The predicted octanol–water partition coefficient (Wildman–Crippen LogP) is 4.09. The summed E-state index contributed by atoms with van der Waals surface area (Å²) in [5.41, 5.74) is 6.00. The van der Waals surface area contributed by atoms with Gasteiger partial charge in [0.15, 0.2) is 0 Å². The standard InChI is InChI=1S/C14H13ClN2/c1-11-5-4-6-12(9-11)10-16-17-14-8-3-2-7-13(14)15/h2-10,17H,1H3/b16-10-.